The third kappa shape index (κ3) is 4.81. The van der Waals surface area contributed by atoms with Gasteiger partial charge in [0.1, 0.15) is 0 Å². The van der Waals surface area contributed by atoms with Gasteiger partial charge in [-0.15, -0.1) is 0 Å². The maximum atomic E-state index is 12.7. The van der Waals surface area contributed by atoms with E-state index in [2.05, 4.69) is 14.9 Å². The van der Waals surface area contributed by atoms with Crippen molar-refractivity contribution in [3.8, 4) is 0 Å². The first-order chi connectivity index (χ1) is 13.0. The van der Waals surface area contributed by atoms with Crippen molar-refractivity contribution in [2.45, 2.75) is 13.3 Å². The van der Waals surface area contributed by atoms with E-state index in [1.165, 1.54) is 0 Å². The fourth-order valence-electron chi connectivity index (χ4n) is 3.17. The summed E-state index contributed by atoms with van der Waals surface area (Å²) in [5.41, 5.74) is 2.66. The molecule has 1 aliphatic rings. The fraction of sp³-hybridized carbons (Fsp3) is 0.400. The first-order valence-corrected chi connectivity index (χ1v) is 9.14. The minimum atomic E-state index is -0.0409. The maximum absolute atomic E-state index is 12.7. The molecule has 2 aromatic rings. The summed E-state index contributed by atoms with van der Waals surface area (Å²) in [4.78, 5) is 38.2. The van der Waals surface area contributed by atoms with Gasteiger partial charge >= 0.3 is 0 Å². The molecule has 7 heteroatoms. The van der Waals surface area contributed by atoms with Gasteiger partial charge in [0.2, 0.25) is 5.91 Å². The Morgan fingerprint density at radius 2 is 1.78 bits per heavy atom. The molecule has 0 aliphatic carbocycles. The molecule has 7 nitrogen and oxygen atoms in total. The zero-order chi connectivity index (χ0) is 19.2. The van der Waals surface area contributed by atoms with Crippen molar-refractivity contribution in [1.29, 1.82) is 0 Å². The smallest absolute Gasteiger partial charge is 0.255 e. The summed E-state index contributed by atoms with van der Waals surface area (Å²) >= 11 is 0. The molecule has 3 rings (SSSR count). The van der Waals surface area contributed by atoms with Crippen molar-refractivity contribution < 1.29 is 9.59 Å². The second kappa shape index (κ2) is 8.62. The first-order valence-electron chi connectivity index (χ1n) is 9.14. The summed E-state index contributed by atoms with van der Waals surface area (Å²) in [6, 6.07) is 5.81. The molecule has 0 spiro atoms. The third-order valence-electron chi connectivity index (χ3n) is 4.89. The quantitative estimate of drug-likeness (QED) is 0.800. The highest BCUT2D eigenvalue weighted by Gasteiger charge is 2.20. The Bertz CT molecular complexity index is 788. The van der Waals surface area contributed by atoms with E-state index >= 15 is 0 Å². The van der Waals surface area contributed by atoms with Crippen LogP contribution in [0.25, 0.3) is 0 Å². The van der Waals surface area contributed by atoms with Crippen molar-refractivity contribution in [1.82, 2.24) is 19.8 Å². The monoisotopic (exact) mass is 367 g/mol. The molecule has 142 valence electrons. The molecular formula is C20H25N5O2. The van der Waals surface area contributed by atoms with Crippen LogP contribution < -0.4 is 4.90 Å². The van der Waals surface area contributed by atoms with Crippen LogP contribution in [-0.4, -0.2) is 71.4 Å². The predicted octanol–water partition coefficient (Wildman–Crippen LogP) is 1.46. The Hall–Kier alpha value is -2.96. The number of likely N-dealkylation sites (N-methyl/N-ethyl adjacent to an activating group) is 1. The molecule has 27 heavy (non-hydrogen) atoms. The standard InChI is InChI=1S/C20H25N5O2/c1-16(26)24-9-11-25(12-10-24)19-13-18(14-22-15-19)20(27)23(2)8-5-17-3-6-21-7-4-17/h3-4,6-7,13-15H,5,8-12H2,1-2H3. The molecule has 0 N–H and O–H groups in total. The Morgan fingerprint density at radius 3 is 2.44 bits per heavy atom. The average Bonchev–Trinajstić information content (AvgIpc) is 2.72. The van der Waals surface area contributed by atoms with Crippen LogP contribution in [0.5, 0.6) is 0 Å². The molecule has 1 fully saturated rings. The van der Waals surface area contributed by atoms with Crippen LogP contribution >= 0.6 is 0 Å². The topological polar surface area (TPSA) is 69.6 Å². The number of nitrogens with zero attached hydrogens (tertiary/aromatic N) is 5. The minimum absolute atomic E-state index is 0.0409. The molecule has 2 amide bonds. The number of aromatic nitrogens is 2. The van der Waals surface area contributed by atoms with Gasteiger partial charge in [-0.25, -0.2) is 0 Å². The van der Waals surface area contributed by atoms with Crippen molar-refractivity contribution in [3.63, 3.8) is 0 Å². The van der Waals surface area contributed by atoms with Crippen molar-refractivity contribution >= 4 is 17.5 Å². The van der Waals surface area contributed by atoms with E-state index in [9.17, 15) is 9.59 Å². The van der Waals surface area contributed by atoms with E-state index in [1.54, 1.807) is 36.6 Å². The normalized spacial score (nSPS) is 14.1. The Balaban J connectivity index is 1.61. The summed E-state index contributed by atoms with van der Waals surface area (Å²) in [7, 11) is 1.81. The minimum Gasteiger partial charge on any atom is -0.367 e. The largest absolute Gasteiger partial charge is 0.367 e. The van der Waals surface area contributed by atoms with Crippen molar-refractivity contribution in [2.75, 3.05) is 44.7 Å². The number of carbonyl (C=O) groups is 2. The van der Waals surface area contributed by atoms with E-state index in [1.807, 2.05) is 30.1 Å². The van der Waals surface area contributed by atoms with Crippen LogP contribution in [0.1, 0.15) is 22.8 Å². The van der Waals surface area contributed by atoms with Gasteiger partial charge in [-0.3, -0.25) is 19.6 Å². The summed E-state index contributed by atoms with van der Waals surface area (Å²) in [6.45, 7) is 5.11. The van der Waals surface area contributed by atoms with Crippen LogP contribution in [0, 0.1) is 0 Å². The van der Waals surface area contributed by atoms with E-state index in [0.29, 0.717) is 25.2 Å². The van der Waals surface area contributed by atoms with E-state index < -0.39 is 0 Å². The summed E-state index contributed by atoms with van der Waals surface area (Å²) in [5.74, 6) is 0.0632. The zero-order valence-corrected chi connectivity index (χ0v) is 15.8. The fourth-order valence-corrected chi connectivity index (χ4v) is 3.17. The number of rotatable bonds is 5. The van der Waals surface area contributed by atoms with Gasteiger partial charge in [-0.05, 0) is 30.2 Å². The van der Waals surface area contributed by atoms with Gasteiger partial charge in [0, 0.05) is 65.3 Å². The molecule has 0 unspecified atom stereocenters. The summed E-state index contributed by atoms with van der Waals surface area (Å²) in [6.07, 6.45) is 7.69. The van der Waals surface area contributed by atoms with E-state index in [0.717, 1.165) is 30.8 Å². The number of anilines is 1. The van der Waals surface area contributed by atoms with E-state index in [4.69, 9.17) is 0 Å². The molecule has 0 aromatic carbocycles. The van der Waals surface area contributed by atoms with Crippen molar-refractivity contribution in [3.05, 3.63) is 54.1 Å². The molecule has 0 radical (unpaired) electrons. The van der Waals surface area contributed by atoms with Gasteiger partial charge in [0.15, 0.2) is 0 Å². The molecule has 0 bridgehead atoms. The molecular weight excluding hydrogens is 342 g/mol. The second-order valence-electron chi connectivity index (χ2n) is 6.76. The lowest BCUT2D eigenvalue weighted by Crippen LogP contribution is -2.48. The number of hydrogen-bond donors (Lipinski definition) is 0. The number of carbonyl (C=O) groups excluding carboxylic acids is 2. The molecule has 3 heterocycles. The molecule has 1 aliphatic heterocycles. The summed E-state index contributed by atoms with van der Waals surface area (Å²) < 4.78 is 0. The highest BCUT2D eigenvalue weighted by Crippen LogP contribution is 2.18. The van der Waals surface area contributed by atoms with Crippen LogP contribution in [0.4, 0.5) is 5.69 Å². The third-order valence-corrected chi connectivity index (χ3v) is 4.89. The van der Waals surface area contributed by atoms with E-state index in [-0.39, 0.29) is 11.8 Å². The maximum Gasteiger partial charge on any atom is 0.255 e. The van der Waals surface area contributed by atoms with Gasteiger partial charge in [-0.2, -0.15) is 0 Å². The first kappa shape index (κ1) is 18.8. The number of piperazine rings is 1. The number of amides is 2. The van der Waals surface area contributed by atoms with Gasteiger partial charge < -0.3 is 14.7 Å². The zero-order valence-electron chi connectivity index (χ0n) is 15.8. The Kier molecular flexibility index (Phi) is 6.01. The number of pyridine rings is 2. The predicted molar refractivity (Wildman–Crippen MR) is 104 cm³/mol. The second-order valence-corrected chi connectivity index (χ2v) is 6.76. The molecule has 0 atom stereocenters. The lowest BCUT2D eigenvalue weighted by Gasteiger charge is -2.35. The molecule has 1 saturated heterocycles. The van der Waals surface area contributed by atoms with Crippen molar-refractivity contribution in [2.24, 2.45) is 0 Å². The van der Waals surface area contributed by atoms with Gasteiger partial charge in [0.05, 0.1) is 17.4 Å². The highest BCUT2D eigenvalue weighted by atomic mass is 16.2. The molecule has 0 saturated carbocycles. The van der Waals surface area contributed by atoms with Crippen LogP contribution in [-0.2, 0) is 11.2 Å². The lowest BCUT2D eigenvalue weighted by molar-refractivity contribution is -0.129. The van der Waals surface area contributed by atoms with Crippen LogP contribution in [0.15, 0.2) is 43.0 Å². The van der Waals surface area contributed by atoms with Crippen LogP contribution in [0.2, 0.25) is 0 Å². The van der Waals surface area contributed by atoms with Gasteiger partial charge in [-0.1, -0.05) is 0 Å². The Morgan fingerprint density at radius 1 is 1.07 bits per heavy atom. The van der Waals surface area contributed by atoms with Gasteiger partial charge in [0.25, 0.3) is 5.91 Å². The summed E-state index contributed by atoms with van der Waals surface area (Å²) in [5, 5.41) is 0. The number of hydrogen-bond acceptors (Lipinski definition) is 5. The van der Waals surface area contributed by atoms with Crippen LogP contribution in [0.3, 0.4) is 0 Å². The highest BCUT2D eigenvalue weighted by molar-refractivity contribution is 5.94. The SMILES string of the molecule is CC(=O)N1CCN(c2cncc(C(=O)N(C)CCc3ccncc3)c2)CC1. The Labute approximate surface area is 159 Å². The average molecular weight is 367 g/mol. The molecule has 2 aromatic heterocycles. The lowest BCUT2D eigenvalue weighted by atomic mass is 10.1.